The molecule has 4 rings (SSSR count). The minimum atomic E-state index is -4.56. The molecule has 0 aliphatic carbocycles. The molecule has 0 aliphatic heterocycles. The molecule has 1 amide bonds. The Hall–Kier alpha value is -4.03. The van der Waals surface area contributed by atoms with Crippen molar-refractivity contribution in [2.45, 2.75) is 12.7 Å². The van der Waals surface area contributed by atoms with Crippen LogP contribution in [0, 0.1) is 0 Å². The Bertz CT molecular complexity index is 1360. The van der Waals surface area contributed by atoms with Crippen LogP contribution in [0.25, 0.3) is 16.4 Å². The van der Waals surface area contributed by atoms with E-state index in [2.05, 4.69) is 25.7 Å². The monoisotopic (exact) mass is 432 g/mol. The van der Waals surface area contributed by atoms with Gasteiger partial charge in [-0.1, -0.05) is 0 Å². The van der Waals surface area contributed by atoms with Crippen LogP contribution in [-0.4, -0.2) is 49.6 Å². The van der Waals surface area contributed by atoms with Crippen molar-refractivity contribution in [1.82, 2.24) is 29.6 Å². The topological polar surface area (TPSA) is 110 Å². The highest BCUT2D eigenvalue weighted by Gasteiger charge is 2.31. The zero-order valence-corrected chi connectivity index (χ0v) is 16.3. The van der Waals surface area contributed by atoms with Crippen LogP contribution in [0.1, 0.15) is 5.56 Å². The van der Waals surface area contributed by atoms with E-state index in [9.17, 15) is 22.8 Å². The number of alkyl halides is 3. The lowest BCUT2D eigenvalue weighted by Crippen LogP contribution is -2.31. The minimum absolute atomic E-state index is 0.0172. The van der Waals surface area contributed by atoms with Gasteiger partial charge in [0.25, 0.3) is 5.56 Å². The first-order valence-corrected chi connectivity index (χ1v) is 8.90. The lowest BCUT2D eigenvalue weighted by Gasteiger charge is -2.17. The van der Waals surface area contributed by atoms with Crippen LogP contribution in [0.15, 0.2) is 41.5 Å². The fourth-order valence-corrected chi connectivity index (χ4v) is 3.00. The average Bonchev–Trinajstić information content (AvgIpc) is 3.16. The third-order valence-electron chi connectivity index (χ3n) is 4.41. The lowest BCUT2D eigenvalue weighted by molar-refractivity contribution is -0.137. The van der Waals surface area contributed by atoms with Crippen LogP contribution in [0.4, 0.5) is 24.8 Å². The van der Waals surface area contributed by atoms with Crippen LogP contribution in [0.3, 0.4) is 0 Å². The van der Waals surface area contributed by atoms with E-state index in [0.717, 1.165) is 22.9 Å². The predicted octanol–water partition coefficient (Wildman–Crippen LogP) is 1.56. The number of anilines is 2. The van der Waals surface area contributed by atoms with Crippen LogP contribution < -0.4 is 15.8 Å². The van der Waals surface area contributed by atoms with Gasteiger partial charge in [-0.2, -0.15) is 22.8 Å². The van der Waals surface area contributed by atoms with Gasteiger partial charge in [-0.3, -0.25) is 9.59 Å². The summed E-state index contributed by atoms with van der Waals surface area (Å²) < 4.78 is 41.6. The van der Waals surface area contributed by atoms with Crippen molar-refractivity contribution in [1.29, 1.82) is 0 Å². The van der Waals surface area contributed by atoms with Crippen molar-refractivity contribution in [2.75, 3.05) is 24.3 Å². The zero-order chi connectivity index (χ0) is 22.3. The number of nitrogens with zero attached hydrogens (tertiary/aromatic N) is 7. The molecule has 0 aliphatic rings. The molecule has 13 heteroatoms. The molecule has 10 nitrogen and oxygen atoms in total. The SMILES string of the molecule is CN(C)c1nn(CC(=O)Nc2ccc3nncn3n2)c(=O)c2ccc(C(F)(F)F)cc12. The number of carbonyl (C=O) groups is 1. The summed E-state index contributed by atoms with van der Waals surface area (Å²) >= 11 is 0. The van der Waals surface area contributed by atoms with Gasteiger partial charge in [-0.25, -0.2) is 4.68 Å². The Balaban J connectivity index is 1.68. The van der Waals surface area contributed by atoms with Crippen molar-refractivity contribution in [2.24, 2.45) is 0 Å². The molecule has 0 spiro atoms. The molecule has 160 valence electrons. The standard InChI is InChI=1S/C18H15F3N8O2/c1-27(2)16-12-7-10(18(19,20)21)3-4-11(12)17(31)28(26-16)8-15(30)23-13-5-6-14-24-22-9-29(14)25-13/h3-7,9H,8H2,1-2H3,(H,23,25,30). The second kappa shape index (κ2) is 7.34. The predicted molar refractivity (Wildman–Crippen MR) is 105 cm³/mol. The summed E-state index contributed by atoms with van der Waals surface area (Å²) in [5, 5.41) is 18.3. The maximum absolute atomic E-state index is 13.1. The maximum Gasteiger partial charge on any atom is 0.416 e. The van der Waals surface area contributed by atoms with Gasteiger partial charge in [0.05, 0.1) is 10.9 Å². The van der Waals surface area contributed by atoms with Crippen molar-refractivity contribution in [3.8, 4) is 0 Å². The van der Waals surface area contributed by atoms with E-state index in [1.807, 2.05) is 0 Å². The fraction of sp³-hybridized carbons (Fsp3) is 0.222. The Morgan fingerprint density at radius 1 is 1.13 bits per heavy atom. The fourth-order valence-electron chi connectivity index (χ4n) is 3.00. The van der Waals surface area contributed by atoms with Gasteiger partial charge in [0.1, 0.15) is 12.9 Å². The number of amides is 1. The molecule has 0 radical (unpaired) electrons. The number of hydrogen-bond acceptors (Lipinski definition) is 7. The third-order valence-corrected chi connectivity index (χ3v) is 4.41. The largest absolute Gasteiger partial charge is 0.416 e. The van der Waals surface area contributed by atoms with E-state index < -0.39 is 29.8 Å². The number of carbonyl (C=O) groups excluding carboxylic acids is 1. The van der Waals surface area contributed by atoms with E-state index >= 15 is 0 Å². The van der Waals surface area contributed by atoms with Gasteiger partial charge in [0.2, 0.25) is 5.91 Å². The number of fused-ring (bicyclic) bond motifs is 2. The quantitative estimate of drug-likeness (QED) is 0.521. The Kier molecular flexibility index (Phi) is 4.79. The summed E-state index contributed by atoms with van der Waals surface area (Å²) in [4.78, 5) is 26.7. The van der Waals surface area contributed by atoms with E-state index in [1.165, 1.54) is 21.8 Å². The van der Waals surface area contributed by atoms with E-state index in [1.54, 1.807) is 20.2 Å². The number of halogens is 3. The molecule has 1 aromatic carbocycles. The lowest BCUT2D eigenvalue weighted by atomic mass is 10.1. The van der Waals surface area contributed by atoms with E-state index in [-0.39, 0.29) is 22.4 Å². The highest BCUT2D eigenvalue weighted by molar-refractivity contribution is 5.93. The molecule has 0 saturated carbocycles. The van der Waals surface area contributed by atoms with Gasteiger partial charge in [-0.05, 0) is 30.3 Å². The molecule has 0 saturated heterocycles. The molecule has 0 atom stereocenters. The molecule has 31 heavy (non-hydrogen) atoms. The maximum atomic E-state index is 13.1. The Labute approximate surface area is 171 Å². The first kappa shape index (κ1) is 20.3. The van der Waals surface area contributed by atoms with E-state index in [4.69, 9.17) is 0 Å². The summed E-state index contributed by atoms with van der Waals surface area (Å²) in [6, 6.07) is 5.90. The smallest absolute Gasteiger partial charge is 0.361 e. The average molecular weight is 432 g/mol. The molecular formula is C18H15F3N8O2. The van der Waals surface area contributed by atoms with Crippen molar-refractivity contribution in [3.05, 3.63) is 52.6 Å². The van der Waals surface area contributed by atoms with Gasteiger partial charge in [0, 0.05) is 19.5 Å². The molecule has 1 N–H and O–H groups in total. The third kappa shape index (κ3) is 3.89. The van der Waals surface area contributed by atoms with Crippen LogP contribution in [0.2, 0.25) is 0 Å². The number of hydrogen-bond donors (Lipinski definition) is 1. The second-order valence-electron chi connectivity index (χ2n) is 6.84. The van der Waals surface area contributed by atoms with Crippen molar-refractivity contribution in [3.63, 3.8) is 0 Å². The highest BCUT2D eigenvalue weighted by atomic mass is 19.4. The van der Waals surface area contributed by atoms with Gasteiger partial charge >= 0.3 is 6.18 Å². The summed E-state index contributed by atoms with van der Waals surface area (Å²) in [5.74, 6) is -0.267. The first-order valence-electron chi connectivity index (χ1n) is 8.90. The zero-order valence-electron chi connectivity index (χ0n) is 16.3. The second-order valence-corrected chi connectivity index (χ2v) is 6.84. The molecule has 0 bridgehead atoms. The van der Waals surface area contributed by atoms with E-state index in [0.29, 0.717) is 5.65 Å². The van der Waals surface area contributed by atoms with Gasteiger partial charge in [0.15, 0.2) is 17.3 Å². The number of benzene rings is 1. The summed E-state index contributed by atoms with van der Waals surface area (Å²) in [5.41, 5.74) is -1.10. The number of aromatic nitrogens is 6. The first-order chi connectivity index (χ1) is 14.6. The summed E-state index contributed by atoms with van der Waals surface area (Å²) in [6.07, 6.45) is -3.20. The van der Waals surface area contributed by atoms with Crippen molar-refractivity contribution < 1.29 is 18.0 Å². The number of rotatable bonds is 4. The molecular weight excluding hydrogens is 417 g/mol. The number of nitrogens with one attached hydrogen (secondary N) is 1. The van der Waals surface area contributed by atoms with Crippen LogP contribution >= 0.6 is 0 Å². The van der Waals surface area contributed by atoms with Crippen LogP contribution in [-0.2, 0) is 17.5 Å². The van der Waals surface area contributed by atoms with Crippen LogP contribution in [0.5, 0.6) is 0 Å². The summed E-state index contributed by atoms with van der Waals surface area (Å²) in [7, 11) is 3.16. The molecule has 3 heterocycles. The summed E-state index contributed by atoms with van der Waals surface area (Å²) in [6.45, 7) is -0.460. The molecule has 4 aromatic rings. The molecule has 3 aromatic heterocycles. The van der Waals surface area contributed by atoms with Gasteiger partial charge < -0.3 is 10.2 Å². The molecule has 0 fully saturated rings. The minimum Gasteiger partial charge on any atom is -0.361 e. The highest BCUT2D eigenvalue weighted by Crippen LogP contribution is 2.32. The molecule has 0 unspecified atom stereocenters. The normalized spacial score (nSPS) is 11.8. The Morgan fingerprint density at radius 3 is 2.61 bits per heavy atom. The Morgan fingerprint density at radius 2 is 1.90 bits per heavy atom. The van der Waals surface area contributed by atoms with Crippen molar-refractivity contribution >= 4 is 34.0 Å². The van der Waals surface area contributed by atoms with Gasteiger partial charge in [-0.15, -0.1) is 15.3 Å².